The maximum absolute atomic E-state index is 14.1. The highest BCUT2D eigenvalue weighted by atomic mass is 79.9. The van der Waals surface area contributed by atoms with Crippen LogP contribution in [0.25, 0.3) is 11.8 Å². The second kappa shape index (κ2) is 13.3. The normalized spacial score (nSPS) is 14.5. The molecule has 0 radical (unpaired) electrons. The van der Waals surface area contributed by atoms with E-state index in [1.165, 1.54) is 30.1 Å². The molecule has 1 aliphatic heterocycles. The fourth-order valence-electron chi connectivity index (χ4n) is 4.79. The smallest absolute Gasteiger partial charge is 0.341 e. The van der Waals surface area contributed by atoms with Crippen LogP contribution in [0.5, 0.6) is 17.2 Å². The van der Waals surface area contributed by atoms with Gasteiger partial charge in [-0.1, -0.05) is 53.8 Å². The van der Waals surface area contributed by atoms with Crippen molar-refractivity contribution in [1.29, 1.82) is 0 Å². The van der Waals surface area contributed by atoms with Crippen LogP contribution in [-0.2, 0) is 14.3 Å². The van der Waals surface area contributed by atoms with Gasteiger partial charge in [0.2, 0.25) is 0 Å². The van der Waals surface area contributed by atoms with E-state index >= 15 is 0 Å². The lowest BCUT2D eigenvalue weighted by Gasteiger charge is -2.26. The number of carboxylic acid groups (broad SMARTS) is 1. The molecule has 1 aromatic heterocycles. The lowest BCUT2D eigenvalue weighted by atomic mass is 9.93. The molecule has 0 unspecified atom stereocenters. The summed E-state index contributed by atoms with van der Waals surface area (Å²) in [6.45, 7) is 1.37. The molecule has 226 valence electrons. The predicted molar refractivity (Wildman–Crippen MR) is 168 cm³/mol. The minimum absolute atomic E-state index is 0.133. The summed E-state index contributed by atoms with van der Waals surface area (Å²) in [7, 11) is 3.04. The topological polar surface area (TPSA) is 126 Å². The molecule has 5 rings (SSSR count). The number of methoxy groups -OCH3 is 2. The van der Waals surface area contributed by atoms with Crippen molar-refractivity contribution in [1.82, 2.24) is 4.57 Å². The number of hydrogen-bond acceptors (Lipinski definition) is 9. The molecule has 0 bridgehead atoms. The first-order valence-electron chi connectivity index (χ1n) is 13.4. The zero-order valence-electron chi connectivity index (χ0n) is 23.9. The Morgan fingerprint density at radius 2 is 1.75 bits per heavy atom. The zero-order chi connectivity index (χ0) is 31.4. The highest BCUT2D eigenvalue weighted by Gasteiger charge is 2.35. The van der Waals surface area contributed by atoms with Crippen LogP contribution in [0.2, 0.25) is 0 Å². The van der Waals surface area contributed by atoms with Gasteiger partial charge in [0.15, 0.2) is 22.9 Å². The van der Waals surface area contributed by atoms with E-state index in [1.54, 1.807) is 49.4 Å². The molecule has 0 fully saturated rings. The van der Waals surface area contributed by atoms with Gasteiger partial charge in [0.05, 0.1) is 47.1 Å². The monoisotopic (exact) mass is 678 g/mol. The number of carboxylic acids is 1. The number of aromatic nitrogens is 1. The van der Waals surface area contributed by atoms with Crippen molar-refractivity contribution in [2.24, 2.45) is 4.99 Å². The molecule has 4 aromatic rings. The lowest BCUT2D eigenvalue weighted by molar-refractivity contribution is -0.140. The van der Waals surface area contributed by atoms with E-state index in [0.29, 0.717) is 53.4 Å². The summed E-state index contributed by atoms with van der Waals surface area (Å²) in [4.78, 5) is 43.9. The number of rotatable bonds is 10. The first-order chi connectivity index (χ1) is 21.2. The van der Waals surface area contributed by atoms with E-state index in [-0.39, 0.29) is 17.7 Å². The molecule has 3 aromatic carbocycles. The van der Waals surface area contributed by atoms with Gasteiger partial charge in [-0.25, -0.2) is 14.6 Å². The van der Waals surface area contributed by atoms with E-state index in [9.17, 15) is 14.4 Å². The number of carbonyl (C=O) groups excluding carboxylic acids is 1. The van der Waals surface area contributed by atoms with Gasteiger partial charge in [0.25, 0.3) is 5.56 Å². The van der Waals surface area contributed by atoms with E-state index in [4.69, 9.17) is 29.0 Å². The van der Waals surface area contributed by atoms with Gasteiger partial charge in [0, 0.05) is 5.56 Å². The Balaban J connectivity index is 1.75. The fraction of sp³-hybridized carbons (Fsp3) is 0.188. The highest BCUT2D eigenvalue weighted by Crippen LogP contribution is 2.38. The summed E-state index contributed by atoms with van der Waals surface area (Å²) in [6.07, 6.45) is 1.71. The van der Waals surface area contributed by atoms with Crippen LogP contribution >= 0.6 is 27.3 Å². The van der Waals surface area contributed by atoms with Crippen molar-refractivity contribution in [2.75, 3.05) is 27.4 Å². The van der Waals surface area contributed by atoms with Gasteiger partial charge in [0.1, 0.15) is 5.75 Å². The molecular weight excluding hydrogens is 652 g/mol. The predicted octanol–water partition coefficient (Wildman–Crippen LogP) is 4.18. The summed E-state index contributed by atoms with van der Waals surface area (Å²) in [6, 6.07) is 18.7. The number of esters is 1. The van der Waals surface area contributed by atoms with Crippen LogP contribution in [0.3, 0.4) is 0 Å². The van der Waals surface area contributed by atoms with Crippen molar-refractivity contribution < 1.29 is 33.6 Å². The zero-order valence-corrected chi connectivity index (χ0v) is 26.3. The molecule has 1 N–H and O–H groups in total. The Hall–Kier alpha value is -4.68. The maximum Gasteiger partial charge on any atom is 0.341 e. The molecule has 1 atom stereocenters. The Labute approximate surface area is 264 Å². The first kappa shape index (κ1) is 30.8. The molecule has 0 saturated carbocycles. The lowest BCUT2D eigenvalue weighted by Crippen LogP contribution is -2.40. The minimum atomic E-state index is -1.09. The van der Waals surface area contributed by atoms with Crippen molar-refractivity contribution in [2.45, 2.75) is 13.0 Å². The fourth-order valence-corrected chi connectivity index (χ4v) is 6.31. The number of ether oxygens (including phenoxy) is 4. The average molecular weight is 680 g/mol. The van der Waals surface area contributed by atoms with Crippen LogP contribution in [0.4, 0.5) is 0 Å². The minimum Gasteiger partial charge on any atom is -0.493 e. The van der Waals surface area contributed by atoms with Crippen molar-refractivity contribution in [3.05, 3.63) is 113 Å². The van der Waals surface area contributed by atoms with Crippen molar-refractivity contribution >= 4 is 51.0 Å². The van der Waals surface area contributed by atoms with E-state index in [0.717, 1.165) is 0 Å². The number of nitrogens with zero attached hydrogens (tertiary/aromatic N) is 2. The quantitative estimate of drug-likeness (QED) is 0.248. The number of benzene rings is 3. The molecule has 0 spiro atoms. The molecular formula is C32H27BrN2O8S. The first-order valence-corrected chi connectivity index (χ1v) is 15.0. The number of thiazole rings is 1. The van der Waals surface area contributed by atoms with Crippen LogP contribution in [0.15, 0.2) is 86.6 Å². The summed E-state index contributed by atoms with van der Waals surface area (Å²) in [5.41, 5.74) is 2.22. The third-order valence-electron chi connectivity index (χ3n) is 6.70. The second-order valence-corrected chi connectivity index (χ2v) is 11.3. The number of carbonyl (C=O) groups is 2. The molecule has 1 aliphatic rings. The van der Waals surface area contributed by atoms with E-state index in [2.05, 4.69) is 15.9 Å². The molecule has 0 aliphatic carbocycles. The third kappa shape index (κ3) is 6.17. The van der Waals surface area contributed by atoms with Gasteiger partial charge in [-0.15, -0.1) is 0 Å². The van der Waals surface area contributed by atoms with Crippen LogP contribution < -0.4 is 29.1 Å². The Morgan fingerprint density at radius 3 is 2.41 bits per heavy atom. The molecule has 12 heteroatoms. The van der Waals surface area contributed by atoms with Crippen LogP contribution in [-0.4, -0.2) is 49.0 Å². The standard InChI is InChI=1S/C32H27BrN2O8S/c1-4-42-31(39)27-28(19-8-6-5-7-9-19)34-32-35(29(27)20-11-13-23(40-2)24(16-20)41-3)30(38)25(44-32)15-18-10-12-22(21(33)14-18)43-17-26(36)37/h5-16,29H,4,17H2,1-3H3,(H,36,37)/b25-15+/t29-/m0/s1. The maximum atomic E-state index is 14.1. The largest absolute Gasteiger partial charge is 0.493 e. The average Bonchev–Trinajstić information content (AvgIpc) is 3.33. The SMILES string of the molecule is CCOC(=O)C1=C(c2ccccc2)N=c2s/c(=C/c3ccc(OCC(=O)O)c(Br)c3)c(=O)n2[C@H]1c1ccc(OC)c(OC)c1. The Kier molecular flexibility index (Phi) is 9.31. The van der Waals surface area contributed by atoms with Crippen molar-refractivity contribution in [3.63, 3.8) is 0 Å². The van der Waals surface area contributed by atoms with Gasteiger partial charge in [-0.05, 0) is 64.3 Å². The Morgan fingerprint density at radius 1 is 1.02 bits per heavy atom. The van der Waals surface area contributed by atoms with E-state index in [1.807, 2.05) is 30.3 Å². The van der Waals surface area contributed by atoms with Gasteiger partial charge < -0.3 is 24.1 Å². The molecule has 0 saturated heterocycles. The number of halogens is 1. The number of fused-ring (bicyclic) bond motifs is 1. The van der Waals surface area contributed by atoms with Gasteiger partial charge >= 0.3 is 11.9 Å². The summed E-state index contributed by atoms with van der Waals surface area (Å²) in [5.74, 6) is -0.405. The second-order valence-electron chi connectivity index (χ2n) is 9.42. The van der Waals surface area contributed by atoms with Gasteiger partial charge in [-0.3, -0.25) is 9.36 Å². The summed E-state index contributed by atoms with van der Waals surface area (Å²) < 4.78 is 24.2. The highest BCUT2D eigenvalue weighted by molar-refractivity contribution is 9.10. The molecule has 0 amide bonds. The third-order valence-corrected chi connectivity index (χ3v) is 8.30. The van der Waals surface area contributed by atoms with Gasteiger partial charge in [-0.2, -0.15) is 0 Å². The molecule has 10 nitrogen and oxygen atoms in total. The van der Waals surface area contributed by atoms with Crippen LogP contribution in [0.1, 0.15) is 29.7 Å². The number of aliphatic carboxylic acids is 1. The molecule has 44 heavy (non-hydrogen) atoms. The summed E-state index contributed by atoms with van der Waals surface area (Å²) in [5, 5.41) is 8.92. The van der Waals surface area contributed by atoms with E-state index < -0.39 is 24.6 Å². The Bertz CT molecular complexity index is 1950. The number of hydrogen-bond donors (Lipinski definition) is 1. The molecule has 2 heterocycles. The van der Waals surface area contributed by atoms with Crippen molar-refractivity contribution in [3.8, 4) is 17.2 Å². The van der Waals surface area contributed by atoms with Crippen LogP contribution in [0, 0.1) is 0 Å². The summed E-state index contributed by atoms with van der Waals surface area (Å²) >= 11 is 4.59.